The summed E-state index contributed by atoms with van der Waals surface area (Å²) in [6, 6.07) is 21.1. The minimum atomic E-state index is -1.15. The molecule has 0 saturated heterocycles. The Balaban J connectivity index is 1.56. The zero-order valence-electron chi connectivity index (χ0n) is 17.6. The number of nitrogens with zero attached hydrogens (tertiary/aromatic N) is 1. The lowest BCUT2D eigenvalue weighted by molar-refractivity contribution is 0.251. The van der Waals surface area contributed by atoms with Gasteiger partial charge in [0.1, 0.15) is 5.82 Å². The zero-order chi connectivity index (χ0) is 22.2. The first-order valence-corrected chi connectivity index (χ1v) is 11.2. The SMILES string of the molecule is CN(C)Cc1cc(CNC(=O)Nc2cccc(C[S@](=O)c3ccccc3)c2)ccc1F. The number of carbonyl (C=O) groups is 1. The topological polar surface area (TPSA) is 61.4 Å². The van der Waals surface area contributed by atoms with Gasteiger partial charge in [-0.3, -0.25) is 4.21 Å². The van der Waals surface area contributed by atoms with E-state index in [9.17, 15) is 13.4 Å². The zero-order valence-corrected chi connectivity index (χ0v) is 18.4. The molecular formula is C24H26FN3O2S. The summed E-state index contributed by atoms with van der Waals surface area (Å²) < 4.78 is 26.4. The normalized spacial score (nSPS) is 11.9. The lowest BCUT2D eigenvalue weighted by Crippen LogP contribution is -2.28. The van der Waals surface area contributed by atoms with Crippen molar-refractivity contribution in [2.24, 2.45) is 0 Å². The van der Waals surface area contributed by atoms with E-state index in [1.807, 2.05) is 67.5 Å². The molecule has 7 heteroatoms. The van der Waals surface area contributed by atoms with Gasteiger partial charge in [0.25, 0.3) is 0 Å². The lowest BCUT2D eigenvalue weighted by atomic mass is 10.1. The highest BCUT2D eigenvalue weighted by molar-refractivity contribution is 7.84. The van der Waals surface area contributed by atoms with Gasteiger partial charge in [-0.1, -0.05) is 36.4 Å². The molecule has 0 aliphatic heterocycles. The van der Waals surface area contributed by atoms with E-state index in [1.54, 1.807) is 18.2 Å². The molecule has 162 valence electrons. The number of amides is 2. The fourth-order valence-corrected chi connectivity index (χ4v) is 4.21. The summed E-state index contributed by atoms with van der Waals surface area (Å²) in [5.74, 6) is 0.109. The summed E-state index contributed by atoms with van der Waals surface area (Å²) in [6.07, 6.45) is 0. The number of nitrogens with one attached hydrogen (secondary N) is 2. The van der Waals surface area contributed by atoms with Crippen molar-refractivity contribution in [2.45, 2.75) is 23.7 Å². The molecule has 0 spiro atoms. The Morgan fingerprint density at radius 1 is 0.968 bits per heavy atom. The van der Waals surface area contributed by atoms with Crippen LogP contribution in [0.4, 0.5) is 14.9 Å². The van der Waals surface area contributed by atoms with Gasteiger partial charge in [0.15, 0.2) is 0 Å². The molecule has 2 amide bonds. The minimum Gasteiger partial charge on any atom is -0.334 e. The highest BCUT2D eigenvalue weighted by atomic mass is 32.2. The molecular weight excluding hydrogens is 413 g/mol. The quantitative estimate of drug-likeness (QED) is 0.543. The second kappa shape index (κ2) is 10.8. The standard InChI is InChI=1S/C24H26FN3O2S/c1-28(2)16-20-13-18(11-12-23(20)25)15-26-24(29)27-21-8-6-7-19(14-21)17-31(30)22-9-4-3-5-10-22/h3-14H,15-17H2,1-2H3,(H2,26,27,29)/t31-/m0/s1. The maximum Gasteiger partial charge on any atom is 0.319 e. The highest BCUT2D eigenvalue weighted by Gasteiger charge is 2.08. The molecule has 2 N–H and O–H groups in total. The summed E-state index contributed by atoms with van der Waals surface area (Å²) in [4.78, 5) is 15.0. The molecule has 0 unspecified atom stereocenters. The Kier molecular flexibility index (Phi) is 7.92. The van der Waals surface area contributed by atoms with Crippen molar-refractivity contribution in [1.82, 2.24) is 10.2 Å². The van der Waals surface area contributed by atoms with Gasteiger partial charge >= 0.3 is 6.03 Å². The van der Waals surface area contributed by atoms with Crippen LogP contribution in [0.3, 0.4) is 0 Å². The van der Waals surface area contributed by atoms with Crippen molar-refractivity contribution < 1.29 is 13.4 Å². The van der Waals surface area contributed by atoms with Crippen LogP contribution in [-0.2, 0) is 29.6 Å². The largest absolute Gasteiger partial charge is 0.334 e. The summed E-state index contributed by atoms with van der Waals surface area (Å²) in [5, 5.41) is 5.58. The number of benzene rings is 3. The second-order valence-electron chi connectivity index (χ2n) is 7.47. The lowest BCUT2D eigenvalue weighted by Gasteiger charge is -2.13. The predicted molar refractivity (Wildman–Crippen MR) is 123 cm³/mol. The highest BCUT2D eigenvalue weighted by Crippen LogP contribution is 2.16. The van der Waals surface area contributed by atoms with Gasteiger partial charge in [-0.25, -0.2) is 9.18 Å². The van der Waals surface area contributed by atoms with Crippen LogP contribution in [0.1, 0.15) is 16.7 Å². The molecule has 0 saturated carbocycles. The number of anilines is 1. The summed E-state index contributed by atoms with van der Waals surface area (Å²) in [6.45, 7) is 0.771. The van der Waals surface area contributed by atoms with Crippen molar-refractivity contribution in [1.29, 1.82) is 0 Å². The minimum absolute atomic E-state index is 0.258. The molecule has 3 rings (SSSR count). The Morgan fingerprint density at radius 2 is 1.74 bits per heavy atom. The van der Waals surface area contributed by atoms with Crippen molar-refractivity contribution in [3.8, 4) is 0 Å². The molecule has 3 aromatic carbocycles. The second-order valence-corrected chi connectivity index (χ2v) is 8.93. The van der Waals surface area contributed by atoms with Crippen LogP contribution in [0.5, 0.6) is 0 Å². The molecule has 0 aliphatic carbocycles. The Bertz CT molecular complexity index is 1060. The molecule has 0 heterocycles. The maximum absolute atomic E-state index is 13.9. The Morgan fingerprint density at radius 3 is 2.48 bits per heavy atom. The van der Waals surface area contributed by atoms with Gasteiger partial charge in [-0.15, -0.1) is 0 Å². The predicted octanol–water partition coefficient (Wildman–Crippen LogP) is 4.52. The molecule has 0 aliphatic rings. The average molecular weight is 440 g/mol. The Hall–Kier alpha value is -3.03. The molecule has 1 atom stereocenters. The van der Waals surface area contributed by atoms with E-state index in [0.717, 1.165) is 16.0 Å². The monoisotopic (exact) mass is 439 g/mol. The third-order valence-corrected chi connectivity index (χ3v) is 5.93. The number of rotatable bonds is 8. The van der Waals surface area contributed by atoms with E-state index >= 15 is 0 Å². The maximum atomic E-state index is 13.9. The van der Waals surface area contributed by atoms with Gasteiger partial charge in [-0.2, -0.15) is 0 Å². The van der Waals surface area contributed by atoms with Crippen LogP contribution in [0.2, 0.25) is 0 Å². The molecule has 0 bridgehead atoms. The van der Waals surface area contributed by atoms with Gasteiger partial charge in [0, 0.05) is 29.2 Å². The first-order chi connectivity index (χ1) is 14.9. The third-order valence-electron chi connectivity index (χ3n) is 4.54. The van der Waals surface area contributed by atoms with E-state index in [-0.39, 0.29) is 18.4 Å². The van der Waals surface area contributed by atoms with Crippen molar-refractivity contribution in [2.75, 3.05) is 19.4 Å². The number of halogens is 1. The Labute approximate surface area is 184 Å². The van der Waals surface area contributed by atoms with E-state index < -0.39 is 10.8 Å². The molecule has 3 aromatic rings. The van der Waals surface area contributed by atoms with Crippen molar-refractivity contribution in [3.63, 3.8) is 0 Å². The van der Waals surface area contributed by atoms with Gasteiger partial charge < -0.3 is 15.5 Å². The van der Waals surface area contributed by atoms with E-state index in [2.05, 4.69) is 10.6 Å². The van der Waals surface area contributed by atoms with Crippen LogP contribution in [0.25, 0.3) is 0 Å². The van der Waals surface area contributed by atoms with Crippen LogP contribution in [-0.4, -0.2) is 29.2 Å². The number of carbonyl (C=O) groups excluding carboxylic acids is 1. The van der Waals surface area contributed by atoms with Gasteiger partial charge in [0.05, 0.1) is 16.6 Å². The van der Waals surface area contributed by atoms with Crippen LogP contribution in [0.15, 0.2) is 77.7 Å². The van der Waals surface area contributed by atoms with Crippen LogP contribution < -0.4 is 10.6 Å². The molecule has 0 radical (unpaired) electrons. The first-order valence-electron chi connectivity index (χ1n) is 9.90. The average Bonchev–Trinajstić information content (AvgIpc) is 2.75. The third kappa shape index (κ3) is 7.01. The molecule has 0 fully saturated rings. The van der Waals surface area contributed by atoms with Crippen molar-refractivity contribution >= 4 is 22.5 Å². The van der Waals surface area contributed by atoms with Gasteiger partial charge in [-0.05, 0) is 61.6 Å². The molecule has 5 nitrogen and oxygen atoms in total. The number of hydrogen-bond acceptors (Lipinski definition) is 3. The smallest absolute Gasteiger partial charge is 0.319 e. The van der Waals surface area contributed by atoms with Crippen molar-refractivity contribution in [3.05, 3.63) is 95.3 Å². The fraction of sp³-hybridized carbons (Fsp3) is 0.208. The summed E-state index contributed by atoms with van der Waals surface area (Å²) in [7, 11) is 2.60. The molecule has 0 aromatic heterocycles. The molecule has 31 heavy (non-hydrogen) atoms. The van der Waals surface area contributed by atoms with Crippen LogP contribution in [0, 0.1) is 5.82 Å². The van der Waals surface area contributed by atoms with E-state index in [4.69, 9.17) is 0 Å². The number of urea groups is 1. The van der Waals surface area contributed by atoms with E-state index in [1.165, 1.54) is 6.07 Å². The first kappa shape index (κ1) is 22.7. The summed E-state index contributed by atoms with van der Waals surface area (Å²) in [5.41, 5.74) is 2.89. The number of hydrogen-bond donors (Lipinski definition) is 2. The van der Waals surface area contributed by atoms with Gasteiger partial charge in [0.2, 0.25) is 0 Å². The van der Waals surface area contributed by atoms with E-state index in [0.29, 0.717) is 23.5 Å². The van der Waals surface area contributed by atoms with Crippen LogP contribution >= 0.6 is 0 Å². The summed E-state index contributed by atoms with van der Waals surface area (Å²) >= 11 is 0. The fourth-order valence-electron chi connectivity index (χ4n) is 3.10.